The minimum absolute atomic E-state index is 0.0900. The average Bonchev–Trinajstić information content (AvgIpc) is 2.81. The average molecular weight is 308 g/mol. The van der Waals surface area contributed by atoms with E-state index < -0.39 is 0 Å². The van der Waals surface area contributed by atoms with Crippen LogP contribution in [-0.4, -0.2) is 49.2 Å². The van der Waals surface area contributed by atoms with Crippen LogP contribution in [0, 0.1) is 0 Å². The van der Waals surface area contributed by atoms with E-state index in [4.69, 9.17) is 4.74 Å². The van der Waals surface area contributed by atoms with Gasteiger partial charge in [0.2, 0.25) is 0 Å². The molecule has 0 aliphatic carbocycles. The number of methoxy groups -OCH3 is 1. The highest BCUT2D eigenvalue weighted by Gasteiger charge is 2.14. The van der Waals surface area contributed by atoms with Crippen LogP contribution in [0.2, 0.25) is 0 Å². The van der Waals surface area contributed by atoms with Crippen molar-refractivity contribution in [1.82, 2.24) is 10.2 Å². The zero-order valence-electron chi connectivity index (χ0n) is 12.6. The number of thioether (sulfide) groups is 1. The summed E-state index contributed by atoms with van der Waals surface area (Å²) in [5, 5.41) is 3.03. The van der Waals surface area contributed by atoms with Gasteiger partial charge >= 0.3 is 6.03 Å². The van der Waals surface area contributed by atoms with Gasteiger partial charge < -0.3 is 15.0 Å². The molecule has 4 nitrogen and oxygen atoms in total. The molecule has 116 valence electrons. The van der Waals surface area contributed by atoms with Crippen molar-refractivity contribution < 1.29 is 9.53 Å². The largest absolute Gasteiger partial charge is 0.497 e. The van der Waals surface area contributed by atoms with Crippen LogP contribution in [-0.2, 0) is 6.42 Å². The molecule has 0 bridgehead atoms. The molecule has 2 amide bonds. The molecule has 0 atom stereocenters. The maximum Gasteiger partial charge on any atom is 0.317 e. The smallest absolute Gasteiger partial charge is 0.317 e. The quantitative estimate of drug-likeness (QED) is 0.851. The Bertz CT molecular complexity index is 428. The molecule has 1 fully saturated rings. The third-order valence-electron chi connectivity index (χ3n) is 3.59. The summed E-state index contributed by atoms with van der Waals surface area (Å²) in [5.74, 6) is 3.10. The number of amides is 2. The van der Waals surface area contributed by atoms with Gasteiger partial charge in [-0.15, -0.1) is 0 Å². The number of hydrogen-bond acceptors (Lipinski definition) is 3. The van der Waals surface area contributed by atoms with E-state index in [0.717, 1.165) is 50.4 Å². The maximum atomic E-state index is 12.0. The molecule has 1 heterocycles. The fourth-order valence-corrected chi connectivity index (χ4v) is 3.23. The molecular weight excluding hydrogens is 284 g/mol. The van der Waals surface area contributed by atoms with Crippen LogP contribution in [0.1, 0.15) is 18.4 Å². The predicted octanol–water partition coefficient (Wildman–Crippen LogP) is 2.78. The highest BCUT2D eigenvalue weighted by atomic mass is 32.2. The summed E-state index contributed by atoms with van der Waals surface area (Å²) in [6, 6.07) is 8.19. The van der Waals surface area contributed by atoms with Gasteiger partial charge in [0.15, 0.2) is 0 Å². The van der Waals surface area contributed by atoms with Gasteiger partial charge in [0.05, 0.1) is 7.11 Å². The molecule has 21 heavy (non-hydrogen) atoms. The Hall–Kier alpha value is -1.36. The number of aryl methyl sites for hydroxylation is 1. The number of hydrogen-bond donors (Lipinski definition) is 1. The SMILES string of the molecule is COc1ccc(CCCNC(=O)N2CCCSCC2)cc1. The Morgan fingerprint density at radius 2 is 2.10 bits per heavy atom. The van der Waals surface area contributed by atoms with Crippen LogP contribution in [0.3, 0.4) is 0 Å². The summed E-state index contributed by atoms with van der Waals surface area (Å²) in [4.78, 5) is 14.0. The number of carbonyl (C=O) groups is 1. The number of urea groups is 1. The van der Waals surface area contributed by atoms with Crippen molar-refractivity contribution >= 4 is 17.8 Å². The second kappa shape index (κ2) is 8.82. The fraction of sp³-hybridized carbons (Fsp3) is 0.562. The molecule has 1 N–H and O–H groups in total. The Balaban J connectivity index is 1.65. The number of nitrogens with one attached hydrogen (secondary N) is 1. The number of nitrogens with zero attached hydrogens (tertiary/aromatic N) is 1. The molecular formula is C16H24N2O2S. The number of rotatable bonds is 5. The predicted molar refractivity (Wildman–Crippen MR) is 88.2 cm³/mol. The van der Waals surface area contributed by atoms with E-state index in [1.165, 1.54) is 11.3 Å². The third kappa shape index (κ3) is 5.50. The first-order valence-electron chi connectivity index (χ1n) is 7.53. The molecule has 1 aliphatic rings. The van der Waals surface area contributed by atoms with E-state index >= 15 is 0 Å². The third-order valence-corrected chi connectivity index (χ3v) is 4.64. The van der Waals surface area contributed by atoms with Gasteiger partial charge in [-0.2, -0.15) is 11.8 Å². The van der Waals surface area contributed by atoms with Gasteiger partial charge in [-0.3, -0.25) is 0 Å². The van der Waals surface area contributed by atoms with Crippen molar-refractivity contribution in [3.05, 3.63) is 29.8 Å². The summed E-state index contributed by atoms with van der Waals surface area (Å²) in [6.07, 6.45) is 3.03. The van der Waals surface area contributed by atoms with Gasteiger partial charge in [-0.25, -0.2) is 4.79 Å². The lowest BCUT2D eigenvalue weighted by Crippen LogP contribution is -2.41. The van der Waals surface area contributed by atoms with Gasteiger partial charge in [0.1, 0.15) is 5.75 Å². The Labute approximate surface area is 131 Å². The second-order valence-electron chi connectivity index (χ2n) is 5.14. The molecule has 5 heteroatoms. The van der Waals surface area contributed by atoms with Crippen LogP contribution < -0.4 is 10.1 Å². The lowest BCUT2D eigenvalue weighted by atomic mass is 10.1. The van der Waals surface area contributed by atoms with E-state index in [-0.39, 0.29) is 6.03 Å². The molecule has 1 aromatic rings. The minimum atomic E-state index is 0.0900. The fourth-order valence-electron chi connectivity index (χ4n) is 2.34. The van der Waals surface area contributed by atoms with Crippen molar-refractivity contribution in [2.75, 3.05) is 38.2 Å². The van der Waals surface area contributed by atoms with E-state index in [1.54, 1.807) is 7.11 Å². The first-order chi connectivity index (χ1) is 10.3. The van der Waals surface area contributed by atoms with Crippen molar-refractivity contribution in [2.45, 2.75) is 19.3 Å². The first kappa shape index (κ1) is 16.0. The number of carbonyl (C=O) groups excluding carboxylic acids is 1. The van der Waals surface area contributed by atoms with Crippen LogP contribution in [0.5, 0.6) is 5.75 Å². The van der Waals surface area contributed by atoms with Gasteiger partial charge in [0.25, 0.3) is 0 Å². The Kier molecular flexibility index (Phi) is 6.73. The number of benzene rings is 1. The monoisotopic (exact) mass is 308 g/mol. The van der Waals surface area contributed by atoms with E-state index in [2.05, 4.69) is 17.4 Å². The molecule has 0 unspecified atom stereocenters. The molecule has 1 aliphatic heterocycles. The van der Waals surface area contributed by atoms with Gasteiger partial charge in [-0.1, -0.05) is 12.1 Å². The second-order valence-corrected chi connectivity index (χ2v) is 6.36. The molecule has 1 aromatic carbocycles. The van der Waals surface area contributed by atoms with Gasteiger partial charge in [-0.05, 0) is 42.7 Å². The Morgan fingerprint density at radius 1 is 1.29 bits per heavy atom. The van der Waals surface area contributed by atoms with Gasteiger partial charge in [0, 0.05) is 25.4 Å². The number of ether oxygens (including phenoxy) is 1. The van der Waals surface area contributed by atoms with E-state index in [0.29, 0.717) is 0 Å². The zero-order chi connectivity index (χ0) is 14.9. The normalized spacial score (nSPS) is 15.4. The minimum Gasteiger partial charge on any atom is -0.497 e. The molecule has 0 radical (unpaired) electrons. The molecule has 2 rings (SSSR count). The topological polar surface area (TPSA) is 41.6 Å². The molecule has 1 saturated heterocycles. The van der Waals surface area contributed by atoms with E-state index in [9.17, 15) is 4.79 Å². The zero-order valence-corrected chi connectivity index (χ0v) is 13.5. The summed E-state index contributed by atoms with van der Waals surface area (Å²) in [5.41, 5.74) is 1.27. The molecule has 0 aromatic heterocycles. The van der Waals surface area contributed by atoms with Crippen molar-refractivity contribution in [2.24, 2.45) is 0 Å². The lowest BCUT2D eigenvalue weighted by molar-refractivity contribution is 0.202. The van der Waals surface area contributed by atoms with Crippen LogP contribution >= 0.6 is 11.8 Å². The van der Waals surface area contributed by atoms with E-state index in [1.807, 2.05) is 28.8 Å². The lowest BCUT2D eigenvalue weighted by Gasteiger charge is -2.20. The maximum absolute atomic E-state index is 12.0. The summed E-state index contributed by atoms with van der Waals surface area (Å²) in [6.45, 7) is 2.49. The van der Waals surface area contributed by atoms with Crippen LogP contribution in [0.25, 0.3) is 0 Å². The highest BCUT2D eigenvalue weighted by molar-refractivity contribution is 7.99. The summed E-state index contributed by atoms with van der Waals surface area (Å²) < 4.78 is 5.14. The standard InChI is InChI=1S/C16H24N2O2S/c1-20-15-7-5-14(6-8-15)4-2-9-17-16(19)18-10-3-12-21-13-11-18/h5-8H,2-4,9-13H2,1H3,(H,17,19). The Morgan fingerprint density at radius 3 is 2.86 bits per heavy atom. The molecule has 0 spiro atoms. The van der Waals surface area contributed by atoms with Crippen molar-refractivity contribution in [3.8, 4) is 5.75 Å². The summed E-state index contributed by atoms with van der Waals surface area (Å²) in [7, 11) is 1.67. The first-order valence-corrected chi connectivity index (χ1v) is 8.68. The molecule has 0 saturated carbocycles. The van der Waals surface area contributed by atoms with Crippen LogP contribution in [0.15, 0.2) is 24.3 Å². The van der Waals surface area contributed by atoms with Crippen molar-refractivity contribution in [3.63, 3.8) is 0 Å². The summed E-state index contributed by atoms with van der Waals surface area (Å²) >= 11 is 1.93. The van der Waals surface area contributed by atoms with Crippen molar-refractivity contribution in [1.29, 1.82) is 0 Å². The highest BCUT2D eigenvalue weighted by Crippen LogP contribution is 2.12. The van der Waals surface area contributed by atoms with Crippen LogP contribution in [0.4, 0.5) is 4.79 Å².